The molecule has 1 saturated heterocycles. The Bertz CT molecular complexity index is 1490. The van der Waals surface area contributed by atoms with Crippen LogP contribution in [0.15, 0.2) is 12.4 Å². The van der Waals surface area contributed by atoms with Crippen LogP contribution in [0.3, 0.4) is 0 Å². The third kappa shape index (κ3) is 3.60. The number of pyridine rings is 1. The highest BCUT2D eigenvalue weighted by Crippen LogP contribution is 2.45. The Hall–Kier alpha value is -3.35. The van der Waals surface area contributed by atoms with Gasteiger partial charge in [0.25, 0.3) is 0 Å². The fourth-order valence-electron chi connectivity index (χ4n) is 5.10. The lowest BCUT2D eigenvalue weighted by Crippen LogP contribution is -2.20. The van der Waals surface area contributed by atoms with Crippen LogP contribution in [0.2, 0.25) is 0 Å². The molecule has 6 rings (SSSR count). The zero-order valence-corrected chi connectivity index (χ0v) is 20.9. The van der Waals surface area contributed by atoms with Crippen molar-refractivity contribution in [1.82, 2.24) is 15.0 Å². The minimum atomic E-state index is -0.475. The molecule has 35 heavy (non-hydrogen) atoms. The number of thiophene rings is 1. The van der Waals surface area contributed by atoms with Crippen LogP contribution in [-0.2, 0) is 24.4 Å². The average Bonchev–Trinajstić information content (AvgIpc) is 3.65. The molecule has 0 amide bonds. The minimum absolute atomic E-state index is 0.271. The van der Waals surface area contributed by atoms with Crippen LogP contribution in [0.4, 0.5) is 15.3 Å². The quantitative estimate of drug-likeness (QED) is 0.392. The number of halogens is 1. The summed E-state index contributed by atoms with van der Waals surface area (Å²) >= 11 is 1.09. The largest absolute Gasteiger partial charge is 0.389 e. The molecule has 0 bridgehead atoms. The van der Waals surface area contributed by atoms with Crippen molar-refractivity contribution in [3.05, 3.63) is 40.5 Å². The molecular formula is C26H27FN6OS. The summed E-state index contributed by atoms with van der Waals surface area (Å²) in [6.45, 7) is 8.85. The fourth-order valence-corrected chi connectivity index (χ4v) is 6.02. The van der Waals surface area contributed by atoms with Crippen molar-refractivity contribution in [3.8, 4) is 17.3 Å². The van der Waals surface area contributed by atoms with Gasteiger partial charge in [0.1, 0.15) is 11.1 Å². The number of hydrogen-bond acceptors (Lipinski definition) is 8. The number of anilines is 2. The first-order valence-electron chi connectivity index (χ1n) is 12.0. The maximum atomic E-state index is 14.7. The van der Waals surface area contributed by atoms with Crippen molar-refractivity contribution >= 4 is 43.3 Å². The molecule has 3 aromatic heterocycles. The SMILES string of the molecule is CC.CCc1c(-c2ncc(F)c3sc(N)c(C#N)c23)c2c(c3cnc(N4CCCC4)nc13)COC2. The molecule has 0 atom stereocenters. The van der Waals surface area contributed by atoms with Crippen LogP contribution in [0.25, 0.3) is 32.2 Å². The van der Waals surface area contributed by atoms with Crippen LogP contribution in [0.1, 0.15) is 55.9 Å². The second-order valence-corrected chi connectivity index (χ2v) is 9.45. The van der Waals surface area contributed by atoms with Gasteiger partial charge in [-0.15, -0.1) is 11.3 Å². The molecule has 2 N–H and O–H groups in total. The number of benzene rings is 1. The zero-order chi connectivity index (χ0) is 24.7. The van der Waals surface area contributed by atoms with Crippen LogP contribution < -0.4 is 10.6 Å². The monoisotopic (exact) mass is 490 g/mol. The Labute approximate surface area is 207 Å². The molecule has 2 aliphatic heterocycles. The van der Waals surface area contributed by atoms with Gasteiger partial charge in [-0.3, -0.25) is 4.98 Å². The van der Waals surface area contributed by atoms with E-state index in [1.165, 1.54) is 6.20 Å². The molecule has 9 heteroatoms. The molecule has 4 aromatic rings. The molecule has 1 fully saturated rings. The molecule has 0 spiro atoms. The van der Waals surface area contributed by atoms with E-state index in [0.717, 1.165) is 76.4 Å². The summed E-state index contributed by atoms with van der Waals surface area (Å²) in [6.07, 6.45) is 6.09. The summed E-state index contributed by atoms with van der Waals surface area (Å²) in [7, 11) is 0. The highest BCUT2D eigenvalue weighted by molar-refractivity contribution is 7.23. The number of aromatic nitrogens is 3. The van der Waals surface area contributed by atoms with Crippen LogP contribution in [-0.4, -0.2) is 28.0 Å². The first-order chi connectivity index (χ1) is 17.1. The van der Waals surface area contributed by atoms with Gasteiger partial charge in [-0.2, -0.15) is 5.26 Å². The number of hydrogen-bond donors (Lipinski definition) is 1. The number of nitrogens with two attached hydrogens (primary N) is 1. The highest BCUT2D eigenvalue weighted by Gasteiger charge is 2.29. The molecule has 7 nitrogen and oxygen atoms in total. The Balaban J connectivity index is 0.00000124. The molecule has 2 aliphatic rings. The Morgan fingerprint density at radius 3 is 2.63 bits per heavy atom. The number of nitrogen functional groups attached to an aromatic ring is 1. The summed E-state index contributed by atoms with van der Waals surface area (Å²) < 4.78 is 20.9. The van der Waals surface area contributed by atoms with E-state index in [1.54, 1.807) is 0 Å². The number of nitrogens with zero attached hydrogens (tertiary/aromatic N) is 5. The lowest BCUT2D eigenvalue weighted by atomic mass is 9.88. The van der Waals surface area contributed by atoms with E-state index >= 15 is 0 Å². The lowest BCUT2D eigenvalue weighted by Gasteiger charge is -2.20. The number of rotatable bonds is 3. The summed E-state index contributed by atoms with van der Waals surface area (Å²) in [5.74, 6) is 0.256. The third-order valence-electron chi connectivity index (χ3n) is 6.63. The summed E-state index contributed by atoms with van der Waals surface area (Å²) in [5, 5.41) is 11.5. The van der Waals surface area contributed by atoms with Gasteiger partial charge in [0.2, 0.25) is 5.95 Å². The second-order valence-electron chi connectivity index (χ2n) is 8.40. The van der Waals surface area contributed by atoms with Crippen molar-refractivity contribution in [2.24, 2.45) is 0 Å². The predicted molar refractivity (Wildman–Crippen MR) is 138 cm³/mol. The Morgan fingerprint density at radius 2 is 1.91 bits per heavy atom. The molecule has 180 valence electrons. The maximum absolute atomic E-state index is 14.7. The van der Waals surface area contributed by atoms with E-state index in [1.807, 2.05) is 20.0 Å². The summed E-state index contributed by atoms with van der Waals surface area (Å²) in [5.41, 5.74) is 11.7. The van der Waals surface area contributed by atoms with Gasteiger partial charge in [-0.1, -0.05) is 20.8 Å². The van der Waals surface area contributed by atoms with Gasteiger partial charge in [-0.25, -0.2) is 14.4 Å². The first kappa shape index (κ1) is 23.4. The molecule has 0 unspecified atom stereocenters. The van der Waals surface area contributed by atoms with Gasteiger partial charge < -0.3 is 15.4 Å². The maximum Gasteiger partial charge on any atom is 0.225 e. The van der Waals surface area contributed by atoms with E-state index in [2.05, 4.69) is 27.9 Å². The van der Waals surface area contributed by atoms with Gasteiger partial charge in [-0.05, 0) is 36.0 Å². The van der Waals surface area contributed by atoms with E-state index in [4.69, 9.17) is 15.5 Å². The van der Waals surface area contributed by atoms with Crippen molar-refractivity contribution < 1.29 is 9.13 Å². The van der Waals surface area contributed by atoms with Gasteiger partial charge >= 0.3 is 0 Å². The number of ether oxygens (including phenoxy) is 1. The van der Waals surface area contributed by atoms with E-state index in [9.17, 15) is 9.65 Å². The van der Waals surface area contributed by atoms with Gasteiger partial charge in [0.05, 0.1) is 40.9 Å². The van der Waals surface area contributed by atoms with Crippen molar-refractivity contribution in [2.45, 2.75) is 53.2 Å². The zero-order valence-electron chi connectivity index (χ0n) is 20.1. The van der Waals surface area contributed by atoms with Gasteiger partial charge in [0.15, 0.2) is 5.82 Å². The van der Waals surface area contributed by atoms with E-state index < -0.39 is 5.82 Å². The standard InChI is InChI=1S/C24H21FN6OS.C2H6/c1-2-12-18(21-19-13(7-26)23(27)33-22(19)17(25)9-28-21)16-11-32-10-15(16)14-8-29-24(30-20(12)14)31-5-3-4-6-31;1-2/h8-9H,2-6,10-11,27H2,1H3;1-2H3. The summed E-state index contributed by atoms with van der Waals surface area (Å²) in [4.78, 5) is 16.4. The van der Waals surface area contributed by atoms with E-state index in [0.29, 0.717) is 40.4 Å². The molecule has 1 aromatic carbocycles. The van der Waals surface area contributed by atoms with E-state index in [-0.39, 0.29) is 5.56 Å². The molecular weight excluding hydrogens is 463 g/mol. The first-order valence-corrected chi connectivity index (χ1v) is 12.9. The van der Waals surface area contributed by atoms with Gasteiger partial charge in [0, 0.05) is 35.6 Å². The molecule has 5 heterocycles. The molecule has 0 aliphatic carbocycles. The van der Waals surface area contributed by atoms with Crippen molar-refractivity contribution in [3.63, 3.8) is 0 Å². The molecule has 0 radical (unpaired) electrons. The van der Waals surface area contributed by atoms with Crippen LogP contribution in [0.5, 0.6) is 0 Å². The smallest absolute Gasteiger partial charge is 0.225 e. The predicted octanol–water partition coefficient (Wildman–Crippen LogP) is 5.72. The highest BCUT2D eigenvalue weighted by atomic mass is 32.1. The number of nitriles is 1. The van der Waals surface area contributed by atoms with Crippen LogP contribution >= 0.6 is 11.3 Å². The second kappa shape index (κ2) is 9.36. The van der Waals surface area contributed by atoms with Crippen molar-refractivity contribution in [2.75, 3.05) is 23.7 Å². The normalized spacial score (nSPS) is 14.8. The minimum Gasteiger partial charge on any atom is -0.389 e. The Morgan fingerprint density at radius 1 is 1.17 bits per heavy atom. The molecule has 0 saturated carbocycles. The number of fused-ring (bicyclic) bond motifs is 4. The average molecular weight is 491 g/mol. The van der Waals surface area contributed by atoms with Crippen LogP contribution in [0, 0.1) is 17.1 Å². The third-order valence-corrected chi connectivity index (χ3v) is 7.66. The summed E-state index contributed by atoms with van der Waals surface area (Å²) in [6, 6.07) is 2.16. The number of aryl methyl sites for hydroxylation is 1. The van der Waals surface area contributed by atoms with Crippen molar-refractivity contribution in [1.29, 1.82) is 5.26 Å². The fraction of sp³-hybridized carbons (Fsp3) is 0.385. The Kier molecular flexibility index (Phi) is 6.26. The lowest BCUT2D eigenvalue weighted by molar-refractivity contribution is 0.135. The topological polar surface area (TPSA) is 101 Å².